The van der Waals surface area contributed by atoms with Gasteiger partial charge in [-0.2, -0.15) is 0 Å². The molecule has 2 rings (SSSR count). The van der Waals surface area contributed by atoms with Crippen LogP contribution in [0.2, 0.25) is 0 Å². The molecule has 0 atom stereocenters. The van der Waals surface area contributed by atoms with E-state index in [0.717, 1.165) is 27.9 Å². The Labute approximate surface area is 158 Å². The van der Waals surface area contributed by atoms with Gasteiger partial charge in [-0.05, 0) is 36.2 Å². The highest BCUT2D eigenvalue weighted by molar-refractivity contribution is 9.10. The van der Waals surface area contributed by atoms with Crippen LogP contribution in [0.4, 0.5) is 0 Å². The van der Waals surface area contributed by atoms with Crippen LogP contribution in [0.3, 0.4) is 0 Å². The van der Waals surface area contributed by atoms with Crippen molar-refractivity contribution in [2.24, 2.45) is 5.92 Å². The maximum atomic E-state index is 12.0. The summed E-state index contributed by atoms with van der Waals surface area (Å²) < 4.78 is 6.72. The summed E-state index contributed by atoms with van der Waals surface area (Å²) in [5.41, 5.74) is 2.10. The van der Waals surface area contributed by atoms with Crippen molar-refractivity contribution in [1.29, 1.82) is 0 Å². The average Bonchev–Trinajstić information content (AvgIpc) is 2.60. The zero-order valence-corrected chi connectivity index (χ0v) is 16.3. The predicted octanol–water partition coefficient (Wildman–Crippen LogP) is 3.89. The minimum Gasteiger partial charge on any atom is -0.483 e. The van der Waals surface area contributed by atoms with Crippen molar-refractivity contribution in [3.8, 4) is 5.75 Å². The van der Waals surface area contributed by atoms with Crippen LogP contribution in [-0.2, 0) is 17.9 Å². The summed E-state index contributed by atoms with van der Waals surface area (Å²) in [5.74, 6) is 1.18. The smallest absolute Gasteiger partial charge is 0.258 e. The summed E-state index contributed by atoms with van der Waals surface area (Å²) in [6.07, 6.45) is 0. The van der Waals surface area contributed by atoms with Gasteiger partial charge in [0.25, 0.3) is 5.91 Å². The van der Waals surface area contributed by atoms with E-state index in [9.17, 15) is 4.79 Å². The molecule has 0 bridgehead atoms. The molecule has 2 N–H and O–H groups in total. The highest BCUT2D eigenvalue weighted by atomic mass is 79.9. The zero-order chi connectivity index (χ0) is 18.1. The fourth-order valence-electron chi connectivity index (χ4n) is 2.31. The SMILES string of the molecule is CC(C)CNCc1cc(Br)ccc1OCC(=O)NCc1ccccc1. The lowest BCUT2D eigenvalue weighted by Crippen LogP contribution is -2.28. The number of amides is 1. The van der Waals surface area contributed by atoms with Gasteiger partial charge in [0, 0.05) is 23.1 Å². The van der Waals surface area contributed by atoms with E-state index in [0.29, 0.717) is 19.0 Å². The standard InChI is InChI=1S/C20H25BrN2O2/c1-15(2)11-22-13-17-10-18(21)8-9-19(17)25-14-20(24)23-12-16-6-4-3-5-7-16/h3-10,15,22H,11-14H2,1-2H3,(H,23,24). The van der Waals surface area contributed by atoms with Gasteiger partial charge in [0.1, 0.15) is 5.75 Å². The number of halogens is 1. The molecule has 0 saturated heterocycles. The number of rotatable bonds is 9. The second-order valence-electron chi connectivity index (χ2n) is 6.33. The van der Waals surface area contributed by atoms with E-state index in [-0.39, 0.29) is 12.5 Å². The second kappa shape index (κ2) is 10.2. The first-order chi connectivity index (χ1) is 12.0. The van der Waals surface area contributed by atoms with Crippen LogP contribution < -0.4 is 15.4 Å². The number of nitrogens with one attached hydrogen (secondary N) is 2. The largest absolute Gasteiger partial charge is 0.483 e. The van der Waals surface area contributed by atoms with Gasteiger partial charge < -0.3 is 15.4 Å². The molecule has 25 heavy (non-hydrogen) atoms. The number of benzene rings is 2. The molecule has 2 aromatic rings. The van der Waals surface area contributed by atoms with E-state index in [2.05, 4.69) is 40.4 Å². The Kier molecular flexibility index (Phi) is 7.95. The first-order valence-corrected chi connectivity index (χ1v) is 9.26. The van der Waals surface area contributed by atoms with E-state index in [1.807, 2.05) is 48.5 Å². The summed E-state index contributed by atoms with van der Waals surface area (Å²) in [5, 5.41) is 6.27. The summed E-state index contributed by atoms with van der Waals surface area (Å²) >= 11 is 3.49. The Hall–Kier alpha value is -1.85. The molecule has 0 unspecified atom stereocenters. The Morgan fingerprint density at radius 3 is 2.60 bits per heavy atom. The molecule has 134 valence electrons. The van der Waals surface area contributed by atoms with Gasteiger partial charge in [-0.25, -0.2) is 0 Å². The molecule has 0 fully saturated rings. The number of ether oxygens (including phenoxy) is 1. The van der Waals surface area contributed by atoms with Gasteiger partial charge in [0.15, 0.2) is 6.61 Å². The number of hydrogen-bond acceptors (Lipinski definition) is 3. The monoisotopic (exact) mass is 404 g/mol. The van der Waals surface area contributed by atoms with Crippen molar-refractivity contribution < 1.29 is 9.53 Å². The Morgan fingerprint density at radius 2 is 1.88 bits per heavy atom. The van der Waals surface area contributed by atoms with Crippen molar-refractivity contribution in [3.05, 3.63) is 64.1 Å². The zero-order valence-electron chi connectivity index (χ0n) is 14.7. The van der Waals surface area contributed by atoms with Crippen molar-refractivity contribution in [3.63, 3.8) is 0 Å². The van der Waals surface area contributed by atoms with Gasteiger partial charge in [0.2, 0.25) is 0 Å². The van der Waals surface area contributed by atoms with E-state index in [4.69, 9.17) is 4.74 Å². The van der Waals surface area contributed by atoms with Crippen molar-refractivity contribution in [2.45, 2.75) is 26.9 Å². The Morgan fingerprint density at radius 1 is 1.12 bits per heavy atom. The molecule has 0 aromatic heterocycles. The average molecular weight is 405 g/mol. The lowest BCUT2D eigenvalue weighted by Gasteiger charge is -2.14. The minimum atomic E-state index is -0.132. The predicted molar refractivity (Wildman–Crippen MR) is 104 cm³/mol. The van der Waals surface area contributed by atoms with Crippen LogP contribution in [0.15, 0.2) is 53.0 Å². The van der Waals surface area contributed by atoms with Crippen LogP contribution in [0.5, 0.6) is 5.75 Å². The summed E-state index contributed by atoms with van der Waals surface area (Å²) in [7, 11) is 0. The highest BCUT2D eigenvalue weighted by Gasteiger charge is 2.08. The van der Waals surface area contributed by atoms with Gasteiger partial charge >= 0.3 is 0 Å². The molecular formula is C20H25BrN2O2. The third-order valence-electron chi connectivity index (χ3n) is 3.58. The lowest BCUT2D eigenvalue weighted by atomic mass is 10.2. The van der Waals surface area contributed by atoms with E-state index >= 15 is 0 Å². The molecule has 5 heteroatoms. The third-order valence-corrected chi connectivity index (χ3v) is 4.08. The van der Waals surface area contributed by atoms with Crippen LogP contribution in [-0.4, -0.2) is 19.1 Å². The molecule has 0 radical (unpaired) electrons. The number of carbonyl (C=O) groups is 1. The van der Waals surface area contributed by atoms with Gasteiger partial charge in [-0.3, -0.25) is 4.79 Å². The van der Waals surface area contributed by atoms with Crippen LogP contribution in [0.25, 0.3) is 0 Å². The maximum absolute atomic E-state index is 12.0. The van der Waals surface area contributed by atoms with Crippen molar-refractivity contribution in [1.82, 2.24) is 10.6 Å². The molecule has 2 aromatic carbocycles. The van der Waals surface area contributed by atoms with E-state index in [1.54, 1.807) is 0 Å². The highest BCUT2D eigenvalue weighted by Crippen LogP contribution is 2.23. The van der Waals surface area contributed by atoms with Crippen molar-refractivity contribution >= 4 is 21.8 Å². The topological polar surface area (TPSA) is 50.4 Å². The summed E-state index contributed by atoms with van der Waals surface area (Å²) in [4.78, 5) is 12.0. The fourth-order valence-corrected chi connectivity index (χ4v) is 2.72. The molecule has 1 amide bonds. The fraction of sp³-hybridized carbons (Fsp3) is 0.350. The normalized spacial score (nSPS) is 10.7. The molecule has 0 heterocycles. The van der Waals surface area contributed by atoms with Crippen molar-refractivity contribution in [2.75, 3.05) is 13.2 Å². The quantitative estimate of drug-likeness (QED) is 0.666. The first kappa shape index (κ1) is 19.5. The maximum Gasteiger partial charge on any atom is 0.258 e. The third kappa shape index (κ3) is 7.28. The van der Waals surface area contributed by atoms with Gasteiger partial charge in [-0.15, -0.1) is 0 Å². The summed E-state index contributed by atoms with van der Waals surface area (Å²) in [6, 6.07) is 15.7. The van der Waals surface area contributed by atoms with E-state index < -0.39 is 0 Å². The van der Waals surface area contributed by atoms with E-state index in [1.165, 1.54) is 0 Å². The Balaban J connectivity index is 1.85. The Bertz CT molecular complexity index is 675. The lowest BCUT2D eigenvalue weighted by molar-refractivity contribution is -0.123. The molecular weight excluding hydrogens is 380 g/mol. The molecule has 0 aliphatic carbocycles. The molecule has 0 aliphatic rings. The van der Waals surface area contributed by atoms with Crippen LogP contribution in [0, 0.1) is 5.92 Å². The molecule has 0 spiro atoms. The molecule has 4 nitrogen and oxygen atoms in total. The number of hydrogen-bond donors (Lipinski definition) is 2. The molecule has 0 aliphatic heterocycles. The first-order valence-electron chi connectivity index (χ1n) is 8.47. The van der Waals surface area contributed by atoms with Crippen LogP contribution >= 0.6 is 15.9 Å². The second-order valence-corrected chi connectivity index (χ2v) is 7.24. The van der Waals surface area contributed by atoms with Gasteiger partial charge in [-0.1, -0.05) is 60.1 Å². The number of carbonyl (C=O) groups excluding carboxylic acids is 1. The minimum absolute atomic E-state index is 0.00560. The van der Waals surface area contributed by atoms with Gasteiger partial charge in [0.05, 0.1) is 0 Å². The summed E-state index contributed by atoms with van der Waals surface area (Å²) in [6.45, 7) is 6.49. The van der Waals surface area contributed by atoms with Crippen LogP contribution in [0.1, 0.15) is 25.0 Å². The molecule has 0 saturated carbocycles.